The molecule has 2 aromatic rings. The Hall–Kier alpha value is -1.83. The molecule has 108 valence electrons. The number of hydrogen-bond acceptors (Lipinski definition) is 3. The van der Waals surface area contributed by atoms with Gasteiger partial charge in [0.1, 0.15) is 0 Å². The molecule has 2 rings (SSSR count). The molecule has 0 saturated carbocycles. The zero-order valence-corrected chi connectivity index (χ0v) is 13.6. The molecule has 0 aliphatic rings. The van der Waals surface area contributed by atoms with Crippen molar-refractivity contribution in [1.29, 1.82) is 5.26 Å². The number of halogens is 1. The Kier molecular flexibility index (Phi) is 5.00. The fraction of sp³-hybridized carbons (Fsp3) is 0.235. The molecule has 0 heterocycles. The fourth-order valence-electron chi connectivity index (χ4n) is 2.25. The van der Waals surface area contributed by atoms with E-state index in [4.69, 9.17) is 5.26 Å². The third-order valence-corrected chi connectivity index (χ3v) is 3.88. The lowest BCUT2D eigenvalue weighted by Gasteiger charge is -2.24. The Morgan fingerprint density at radius 3 is 2.48 bits per heavy atom. The van der Waals surface area contributed by atoms with Crippen molar-refractivity contribution in [2.75, 3.05) is 11.9 Å². The quantitative estimate of drug-likeness (QED) is 0.911. The van der Waals surface area contributed by atoms with E-state index in [2.05, 4.69) is 34.1 Å². The first-order valence-corrected chi connectivity index (χ1v) is 7.48. The minimum Gasteiger partial charge on any atom is -0.389 e. The molecule has 4 heteroatoms. The maximum atomic E-state index is 9.90. The molecule has 0 radical (unpaired) electrons. The van der Waals surface area contributed by atoms with Gasteiger partial charge in [0.05, 0.1) is 17.7 Å². The fourth-order valence-corrected chi connectivity index (χ4v) is 2.51. The normalized spacial score (nSPS) is 11.8. The standard InChI is InChI=1S/C17H17BrN2O/c1-12(21)16-8-5-14(10-19)9-17(16)20(2)11-13-3-6-15(18)7-4-13/h3-9,12,21H,11H2,1-2H3/t12-/m1/s1. The smallest absolute Gasteiger partial charge is 0.0992 e. The molecule has 21 heavy (non-hydrogen) atoms. The van der Waals surface area contributed by atoms with Crippen molar-refractivity contribution in [3.05, 3.63) is 63.6 Å². The van der Waals surface area contributed by atoms with E-state index in [-0.39, 0.29) is 0 Å². The number of benzene rings is 2. The zero-order valence-electron chi connectivity index (χ0n) is 12.0. The van der Waals surface area contributed by atoms with Gasteiger partial charge in [-0.15, -0.1) is 0 Å². The van der Waals surface area contributed by atoms with E-state index in [1.54, 1.807) is 13.0 Å². The molecule has 0 aromatic heterocycles. The monoisotopic (exact) mass is 344 g/mol. The molecule has 0 amide bonds. The molecule has 2 aromatic carbocycles. The van der Waals surface area contributed by atoms with Crippen LogP contribution < -0.4 is 4.90 Å². The second kappa shape index (κ2) is 6.75. The minimum atomic E-state index is -0.569. The number of nitriles is 1. The predicted molar refractivity (Wildman–Crippen MR) is 88.0 cm³/mol. The molecule has 0 saturated heterocycles. The van der Waals surface area contributed by atoms with E-state index >= 15 is 0 Å². The van der Waals surface area contributed by atoms with Crippen LogP contribution >= 0.6 is 15.9 Å². The molecule has 0 fully saturated rings. The molecule has 0 spiro atoms. The first kappa shape index (κ1) is 15.6. The van der Waals surface area contributed by atoms with E-state index < -0.39 is 6.10 Å². The van der Waals surface area contributed by atoms with Crippen LogP contribution in [0.1, 0.15) is 29.7 Å². The molecular formula is C17H17BrN2O. The topological polar surface area (TPSA) is 47.3 Å². The number of aliphatic hydroxyl groups excluding tert-OH is 1. The first-order chi connectivity index (χ1) is 10.0. The molecule has 0 bridgehead atoms. The van der Waals surface area contributed by atoms with Gasteiger partial charge in [0.2, 0.25) is 0 Å². The Bertz CT molecular complexity index is 659. The molecular weight excluding hydrogens is 328 g/mol. The van der Waals surface area contributed by atoms with Crippen LogP contribution in [0.5, 0.6) is 0 Å². The van der Waals surface area contributed by atoms with E-state index in [1.807, 2.05) is 36.2 Å². The van der Waals surface area contributed by atoms with E-state index in [9.17, 15) is 5.11 Å². The van der Waals surface area contributed by atoms with Gasteiger partial charge in [-0.25, -0.2) is 0 Å². The lowest BCUT2D eigenvalue weighted by Crippen LogP contribution is -2.18. The maximum absolute atomic E-state index is 9.90. The van der Waals surface area contributed by atoms with Crippen LogP contribution in [0.4, 0.5) is 5.69 Å². The van der Waals surface area contributed by atoms with Crippen LogP contribution in [0.25, 0.3) is 0 Å². The summed E-state index contributed by atoms with van der Waals surface area (Å²) in [5, 5.41) is 19.0. The highest BCUT2D eigenvalue weighted by Crippen LogP contribution is 2.28. The van der Waals surface area contributed by atoms with Crippen LogP contribution in [0.2, 0.25) is 0 Å². The van der Waals surface area contributed by atoms with Gasteiger partial charge in [0.15, 0.2) is 0 Å². The number of anilines is 1. The van der Waals surface area contributed by atoms with E-state index in [0.717, 1.165) is 15.7 Å². The lowest BCUT2D eigenvalue weighted by molar-refractivity contribution is 0.199. The van der Waals surface area contributed by atoms with Crippen LogP contribution in [-0.4, -0.2) is 12.2 Å². The van der Waals surface area contributed by atoms with Crippen molar-refractivity contribution in [3.63, 3.8) is 0 Å². The predicted octanol–water partition coefficient (Wildman–Crippen LogP) is 4.01. The van der Waals surface area contributed by atoms with E-state index in [1.165, 1.54) is 5.56 Å². The molecule has 1 N–H and O–H groups in total. The second-order valence-electron chi connectivity index (χ2n) is 5.04. The largest absolute Gasteiger partial charge is 0.389 e. The highest BCUT2D eigenvalue weighted by molar-refractivity contribution is 9.10. The van der Waals surface area contributed by atoms with Crippen molar-refractivity contribution in [3.8, 4) is 6.07 Å². The van der Waals surface area contributed by atoms with Gasteiger partial charge in [-0.3, -0.25) is 0 Å². The summed E-state index contributed by atoms with van der Waals surface area (Å²) in [6.45, 7) is 2.44. The third kappa shape index (κ3) is 3.84. The summed E-state index contributed by atoms with van der Waals surface area (Å²) in [5.74, 6) is 0. The lowest BCUT2D eigenvalue weighted by atomic mass is 10.0. The number of nitrogens with zero attached hydrogens (tertiary/aromatic N) is 2. The van der Waals surface area contributed by atoms with Crippen molar-refractivity contribution >= 4 is 21.6 Å². The van der Waals surface area contributed by atoms with Crippen LogP contribution in [0.3, 0.4) is 0 Å². The summed E-state index contributed by atoms with van der Waals surface area (Å²) in [6, 6.07) is 15.6. The Labute approximate surface area is 133 Å². The first-order valence-electron chi connectivity index (χ1n) is 6.69. The van der Waals surface area contributed by atoms with Gasteiger partial charge in [-0.2, -0.15) is 5.26 Å². The van der Waals surface area contributed by atoms with Crippen molar-refractivity contribution < 1.29 is 5.11 Å². The van der Waals surface area contributed by atoms with Crippen molar-refractivity contribution in [2.45, 2.75) is 19.6 Å². The van der Waals surface area contributed by atoms with Crippen molar-refractivity contribution in [2.24, 2.45) is 0 Å². The number of hydrogen-bond donors (Lipinski definition) is 1. The highest BCUT2D eigenvalue weighted by Gasteiger charge is 2.13. The third-order valence-electron chi connectivity index (χ3n) is 3.35. The van der Waals surface area contributed by atoms with Gasteiger partial charge in [0.25, 0.3) is 0 Å². The van der Waals surface area contributed by atoms with Gasteiger partial charge in [-0.1, -0.05) is 34.1 Å². The Morgan fingerprint density at radius 1 is 1.24 bits per heavy atom. The molecule has 0 unspecified atom stereocenters. The summed E-state index contributed by atoms with van der Waals surface area (Å²) >= 11 is 3.42. The zero-order chi connectivity index (χ0) is 15.4. The van der Waals surface area contributed by atoms with Crippen LogP contribution in [-0.2, 0) is 6.54 Å². The van der Waals surface area contributed by atoms with Crippen LogP contribution in [0.15, 0.2) is 46.9 Å². The van der Waals surface area contributed by atoms with Gasteiger partial charge in [-0.05, 0) is 36.8 Å². The maximum Gasteiger partial charge on any atom is 0.0992 e. The summed E-state index contributed by atoms with van der Waals surface area (Å²) in [4.78, 5) is 2.05. The number of rotatable bonds is 4. The molecule has 0 aliphatic carbocycles. The van der Waals surface area contributed by atoms with Crippen molar-refractivity contribution in [1.82, 2.24) is 0 Å². The van der Waals surface area contributed by atoms with Gasteiger partial charge >= 0.3 is 0 Å². The average Bonchev–Trinajstić information content (AvgIpc) is 2.48. The van der Waals surface area contributed by atoms with Gasteiger partial charge in [0, 0.05) is 29.3 Å². The van der Waals surface area contributed by atoms with Crippen LogP contribution in [0, 0.1) is 11.3 Å². The minimum absolute atomic E-state index is 0.569. The molecule has 1 atom stereocenters. The second-order valence-corrected chi connectivity index (χ2v) is 5.96. The number of aliphatic hydroxyl groups is 1. The Balaban J connectivity index is 2.31. The van der Waals surface area contributed by atoms with E-state index in [0.29, 0.717) is 12.1 Å². The SMILES string of the molecule is C[C@@H](O)c1ccc(C#N)cc1N(C)Cc1ccc(Br)cc1. The summed E-state index contributed by atoms with van der Waals surface area (Å²) in [6.07, 6.45) is -0.569. The molecule has 3 nitrogen and oxygen atoms in total. The molecule has 0 aliphatic heterocycles. The summed E-state index contributed by atoms with van der Waals surface area (Å²) < 4.78 is 1.05. The average molecular weight is 345 g/mol. The highest BCUT2D eigenvalue weighted by atomic mass is 79.9. The van der Waals surface area contributed by atoms with Gasteiger partial charge < -0.3 is 10.0 Å². The summed E-state index contributed by atoms with van der Waals surface area (Å²) in [5.41, 5.74) is 3.47. The Morgan fingerprint density at radius 2 is 1.90 bits per heavy atom. The summed E-state index contributed by atoms with van der Waals surface area (Å²) in [7, 11) is 1.96.